The normalized spacial score (nSPS) is 13.7. The molecule has 0 bridgehead atoms. The Hall–Kier alpha value is -5.02. The van der Waals surface area contributed by atoms with Crippen LogP contribution < -0.4 is 10.6 Å². The molecule has 9 nitrogen and oxygen atoms in total. The van der Waals surface area contributed by atoms with Crippen LogP contribution in [0.15, 0.2) is 115 Å². The van der Waals surface area contributed by atoms with Crippen LogP contribution in [0.25, 0.3) is 11.1 Å². The molecule has 3 N–H and O–H groups in total. The second-order valence-corrected chi connectivity index (χ2v) is 10.3. The molecular formula is C35H37N3O6. The first-order valence-electron chi connectivity index (χ1n) is 14.5. The van der Waals surface area contributed by atoms with E-state index in [2.05, 4.69) is 28.8 Å². The average Bonchev–Trinajstić information content (AvgIpc) is 3.47. The predicted octanol–water partition coefficient (Wildman–Crippen LogP) is 5.01. The van der Waals surface area contributed by atoms with Crippen LogP contribution in [0, 0.1) is 11.8 Å². The van der Waals surface area contributed by atoms with E-state index in [-0.39, 0.29) is 26.1 Å². The van der Waals surface area contributed by atoms with Crippen LogP contribution in [-0.4, -0.2) is 41.1 Å². The number of hydrogen-bond acceptors (Lipinski definition) is 7. The van der Waals surface area contributed by atoms with Gasteiger partial charge in [-0.15, -0.1) is 13.2 Å². The Morgan fingerprint density at radius 3 is 1.98 bits per heavy atom. The minimum Gasteiger partial charge on any atom is -0.463 e. The van der Waals surface area contributed by atoms with Gasteiger partial charge in [0.05, 0.1) is 24.6 Å². The zero-order chi connectivity index (χ0) is 31.3. The van der Waals surface area contributed by atoms with E-state index in [0.717, 1.165) is 0 Å². The molecular weight excluding hydrogens is 558 g/mol. The van der Waals surface area contributed by atoms with Gasteiger partial charge in [-0.3, -0.25) is 14.4 Å². The number of para-hydroxylation sites is 2. The lowest BCUT2D eigenvalue weighted by Crippen LogP contribution is -2.45. The number of allylic oxidation sites excluding steroid dienone is 2. The molecule has 1 unspecified atom stereocenters. The number of fused-ring (bicyclic) bond motifs is 1. The Morgan fingerprint density at radius 1 is 0.818 bits per heavy atom. The molecule has 0 aliphatic rings. The lowest BCUT2D eigenvalue weighted by Gasteiger charge is -2.24. The number of esters is 1. The van der Waals surface area contributed by atoms with Crippen molar-refractivity contribution in [2.24, 2.45) is 11.8 Å². The molecule has 0 radical (unpaired) electrons. The summed E-state index contributed by atoms with van der Waals surface area (Å²) in [5, 5.41) is 15.6. The lowest BCUT2D eigenvalue weighted by atomic mass is 9.99. The summed E-state index contributed by atoms with van der Waals surface area (Å²) in [6.45, 7) is 6.97. The van der Waals surface area contributed by atoms with Crippen molar-refractivity contribution in [3.8, 4) is 0 Å². The van der Waals surface area contributed by atoms with E-state index in [1.165, 1.54) is 6.08 Å². The van der Waals surface area contributed by atoms with Gasteiger partial charge in [-0.05, 0) is 36.1 Å². The van der Waals surface area contributed by atoms with Crippen LogP contribution in [0.4, 0.5) is 0 Å². The van der Waals surface area contributed by atoms with Gasteiger partial charge in [0.15, 0.2) is 11.5 Å². The summed E-state index contributed by atoms with van der Waals surface area (Å²) in [5.74, 6) is -2.92. The first-order valence-corrected chi connectivity index (χ1v) is 14.5. The second-order valence-electron chi connectivity index (χ2n) is 10.3. The van der Waals surface area contributed by atoms with Gasteiger partial charge >= 0.3 is 5.97 Å². The molecule has 1 aromatic heterocycles. The fourth-order valence-electron chi connectivity index (χ4n) is 4.84. The van der Waals surface area contributed by atoms with Crippen LogP contribution in [0.3, 0.4) is 0 Å². The molecule has 9 heteroatoms. The summed E-state index contributed by atoms with van der Waals surface area (Å²) in [6.07, 6.45) is 3.76. The highest BCUT2D eigenvalue weighted by molar-refractivity contribution is 6.00. The van der Waals surface area contributed by atoms with Gasteiger partial charge in [0.1, 0.15) is 18.0 Å². The van der Waals surface area contributed by atoms with Crippen molar-refractivity contribution in [3.63, 3.8) is 0 Å². The minimum atomic E-state index is -1.13. The van der Waals surface area contributed by atoms with Gasteiger partial charge < -0.3 is 24.9 Å². The molecule has 228 valence electrons. The predicted molar refractivity (Wildman–Crippen MR) is 167 cm³/mol. The summed E-state index contributed by atoms with van der Waals surface area (Å²) < 4.78 is 11.5. The third-order valence-corrected chi connectivity index (χ3v) is 7.19. The van der Waals surface area contributed by atoms with Crippen molar-refractivity contribution in [2.45, 2.75) is 31.3 Å². The first-order chi connectivity index (χ1) is 21.4. The van der Waals surface area contributed by atoms with Crippen LogP contribution in [0.5, 0.6) is 0 Å². The van der Waals surface area contributed by atoms with Crippen molar-refractivity contribution in [1.29, 1.82) is 0 Å². The van der Waals surface area contributed by atoms with Gasteiger partial charge in [-0.1, -0.05) is 84.9 Å². The van der Waals surface area contributed by atoms with Crippen molar-refractivity contribution >= 4 is 28.9 Å². The Labute approximate surface area is 256 Å². The van der Waals surface area contributed by atoms with Gasteiger partial charge in [0, 0.05) is 6.42 Å². The van der Waals surface area contributed by atoms with Gasteiger partial charge in [-0.25, -0.2) is 4.98 Å². The van der Waals surface area contributed by atoms with Crippen molar-refractivity contribution < 1.29 is 28.6 Å². The molecule has 0 saturated carbocycles. The highest BCUT2D eigenvalue weighted by Crippen LogP contribution is 2.22. The summed E-state index contributed by atoms with van der Waals surface area (Å²) in [6, 6.07) is 24.0. The molecule has 0 saturated heterocycles. The number of carbonyl (C=O) groups is 3. The number of ether oxygens (including phenoxy) is 1. The largest absolute Gasteiger partial charge is 0.463 e. The van der Waals surface area contributed by atoms with Crippen molar-refractivity contribution in [1.82, 2.24) is 15.6 Å². The fraction of sp³-hybridized carbons (Fsp3) is 0.257. The topological polar surface area (TPSA) is 131 Å². The Kier molecular flexibility index (Phi) is 11.6. The smallest absolute Gasteiger partial charge is 0.309 e. The zero-order valence-corrected chi connectivity index (χ0v) is 24.4. The molecule has 1 heterocycles. The van der Waals surface area contributed by atoms with E-state index in [1.54, 1.807) is 42.5 Å². The summed E-state index contributed by atoms with van der Waals surface area (Å²) >= 11 is 0. The molecule has 44 heavy (non-hydrogen) atoms. The van der Waals surface area contributed by atoms with E-state index >= 15 is 0 Å². The molecule has 0 fully saturated rings. The molecule has 2 amide bonds. The average molecular weight is 596 g/mol. The van der Waals surface area contributed by atoms with Gasteiger partial charge in [0.25, 0.3) is 0 Å². The highest BCUT2D eigenvalue weighted by Gasteiger charge is 2.30. The quantitative estimate of drug-likeness (QED) is 0.0944. The number of aliphatic hydroxyl groups excluding tert-OH is 1. The van der Waals surface area contributed by atoms with E-state index in [9.17, 15) is 19.5 Å². The van der Waals surface area contributed by atoms with E-state index in [4.69, 9.17) is 9.15 Å². The number of carbonyl (C=O) groups excluding carboxylic acids is 3. The third kappa shape index (κ3) is 8.52. The Balaban J connectivity index is 1.46. The first kappa shape index (κ1) is 31.9. The Bertz CT molecular complexity index is 1520. The number of aliphatic hydroxyl groups is 1. The van der Waals surface area contributed by atoms with E-state index in [0.29, 0.717) is 34.5 Å². The third-order valence-electron chi connectivity index (χ3n) is 7.19. The standard InChI is InChI=1S/C35H37N3O6/c1-3-13-26(21-32-36-28-19-11-12-20-31(28)44-32)35(42)43-23-30(25-17-9-6-10-18-25)38-34(41)27(14-4-2)33(40)37-29(22-39)24-15-7-5-8-16-24/h3-12,15-20,26-27,29-30,39H,1-2,13-14,21-23H2,(H,37,40)(H,38,41)/t26-,27?,29+,30-/m1/s1. The number of amides is 2. The lowest BCUT2D eigenvalue weighted by molar-refractivity contribution is -0.150. The minimum absolute atomic E-state index is 0.0673. The molecule has 0 aliphatic carbocycles. The van der Waals surface area contributed by atoms with E-state index in [1.807, 2.05) is 48.5 Å². The van der Waals surface area contributed by atoms with E-state index < -0.39 is 41.7 Å². The summed E-state index contributed by atoms with van der Waals surface area (Å²) in [5.41, 5.74) is 2.74. The van der Waals surface area contributed by atoms with Gasteiger partial charge in [0.2, 0.25) is 11.8 Å². The summed E-state index contributed by atoms with van der Waals surface area (Å²) in [7, 11) is 0. The number of aromatic nitrogens is 1. The number of nitrogens with one attached hydrogen (secondary N) is 2. The maximum Gasteiger partial charge on any atom is 0.309 e. The van der Waals surface area contributed by atoms with Crippen LogP contribution in [0.2, 0.25) is 0 Å². The molecule has 3 aromatic carbocycles. The molecule has 4 aromatic rings. The summed E-state index contributed by atoms with van der Waals surface area (Å²) in [4.78, 5) is 44.5. The molecule has 0 spiro atoms. The molecule has 4 atom stereocenters. The van der Waals surface area contributed by atoms with Gasteiger partial charge in [-0.2, -0.15) is 0 Å². The maximum atomic E-state index is 13.5. The molecule has 4 rings (SSSR count). The number of nitrogens with zero attached hydrogens (tertiary/aromatic N) is 1. The number of oxazole rings is 1. The highest BCUT2D eigenvalue weighted by atomic mass is 16.5. The van der Waals surface area contributed by atoms with Crippen LogP contribution >= 0.6 is 0 Å². The number of hydrogen-bond donors (Lipinski definition) is 3. The SMILES string of the molecule is C=CCC(C(=O)N[C@@H](CO)c1ccccc1)C(=O)N[C@H](COC(=O)[C@H](CC=C)Cc1nc2ccccc2o1)c1ccccc1. The zero-order valence-electron chi connectivity index (χ0n) is 24.4. The number of benzene rings is 3. The van der Waals surface area contributed by atoms with Crippen LogP contribution in [0.1, 0.15) is 41.9 Å². The van der Waals surface area contributed by atoms with Crippen molar-refractivity contribution in [2.75, 3.05) is 13.2 Å². The fourth-order valence-corrected chi connectivity index (χ4v) is 4.84. The van der Waals surface area contributed by atoms with Crippen molar-refractivity contribution in [3.05, 3.63) is 127 Å². The Morgan fingerprint density at radius 2 is 1.39 bits per heavy atom. The second kappa shape index (κ2) is 16.0. The maximum absolute atomic E-state index is 13.5. The van der Waals surface area contributed by atoms with Crippen LogP contribution in [-0.2, 0) is 25.5 Å². The monoisotopic (exact) mass is 595 g/mol. The molecule has 0 aliphatic heterocycles. The number of rotatable bonds is 16.